The minimum absolute atomic E-state index is 0.0436. The number of rotatable bonds is 10. The van der Waals surface area contributed by atoms with Crippen molar-refractivity contribution in [2.24, 2.45) is 0 Å². The van der Waals surface area contributed by atoms with Crippen molar-refractivity contribution in [1.82, 2.24) is 0 Å². The first kappa shape index (κ1) is 22.6. The van der Waals surface area contributed by atoms with E-state index in [1.54, 1.807) is 42.5 Å². The summed E-state index contributed by atoms with van der Waals surface area (Å²) in [6, 6.07) is 13.2. The predicted molar refractivity (Wildman–Crippen MR) is 114 cm³/mol. The standard InChI is InChI=1S/C22H25N3O5/c1-15(26)23-18-11-7-8-12-19(18)25-21(28)14-4-2-3-13-20(27)24-17-10-6-5-9-16(17)22(29)30/h5-12H,2-4,13-14H2,1H3,(H,23,26)(H,24,27)(H,25,28)(H,29,30). The molecule has 3 amide bonds. The van der Waals surface area contributed by atoms with Crippen LogP contribution in [0.2, 0.25) is 0 Å². The molecule has 2 aromatic carbocycles. The molecule has 0 fully saturated rings. The highest BCUT2D eigenvalue weighted by atomic mass is 16.4. The summed E-state index contributed by atoms with van der Waals surface area (Å²) in [5.41, 5.74) is 1.39. The zero-order chi connectivity index (χ0) is 21.9. The van der Waals surface area contributed by atoms with Crippen LogP contribution in [0, 0.1) is 0 Å². The first-order valence-electron chi connectivity index (χ1n) is 9.65. The fraction of sp³-hybridized carbons (Fsp3) is 0.273. The third-order valence-corrected chi connectivity index (χ3v) is 4.25. The Hall–Kier alpha value is -3.68. The fourth-order valence-corrected chi connectivity index (χ4v) is 2.84. The highest BCUT2D eigenvalue weighted by Crippen LogP contribution is 2.21. The molecule has 0 aliphatic heterocycles. The van der Waals surface area contributed by atoms with Gasteiger partial charge < -0.3 is 21.1 Å². The van der Waals surface area contributed by atoms with Gasteiger partial charge in [-0.1, -0.05) is 30.7 Å². The number of amides is 3. The number of hydrogen-bond acceptors (Lipinski definition) is 4. The Labute approximate surface area is 174 Å². The van der Waals surface area contributed by atoms with Crippen LogP contribution in [0.25, 0.3) is 0 Å². The predicted octanol–water partition coefficient (Wildman–Crippen LogP) is 3.87. The Balaban J connectivity index is 1.71. The smallest absolute Gasteiger partial charge is 0.337 e. The Morgan fingerprint density at radius 3 is 1.70 bits per heavy atom. The largest absolute Gasteiger partial charge is 0.478 e. The number of carbonyl (C=O) groups excluding carboxylic acids is 3. The third-order valence-electron chi connectivity index (χ3n) is 4.25. The van der Waals surface area contributed by atoms with Gasteiger partial charge in [0.1, 0.15) is 0 Å². The molecule has 0 spiro atoms. The normalized spacial score (nSPS) is 10.2. The molecular weight excluding hydrogens is 386 g/mol. The monoisotopic (exact) mass is 411 g/mol. The van der Waals surface area contributed by atoms with Crippen molar-refractivity contribution in [2.45, 2.75) is 39.0 Å². The number of carboxylic acid groups (broad SMARTS) is 1. The Morgan fingerprint density at radius 2 is 1.17 bits per heavy atom. The van der Waals surface area contributed by atoms with Gasteiger partial charge in [0.25, 0.3) is 0 Å². The number of carboxylic acids is 1. The maximum Gasteiger partial charge on any atom is 0.337 e. The highest BCUT2D eigenvalue weighted by molar-refractivity contribution is 6.00. The van der Waals surface area contributed by atoms with Gasteiger partial charge in [0.2, 0.25) is 17.7 Å². The number of anilines is 3. The second-order valence-electron chi connectivity index (χ2n) is 6.73. The number of aromatic carboxylic acids is 1. The van der Waals surface area contributed by atoms with Crippen molar-refractivity contribution in [3.63, 3.8) is 0 Å². The summed E-state index contributed by atoms with van der Waals surface area (Å²) < 4.78 is 0. The van der Waals surface area contributed by atoms with Crippen LogP contribution in [0.15, 0.2) is 48.5 Å². The second kappa shape index (κ2) is 11.4. The summed E-state index contributed by atoms with van der Waals surface area (Å²) in [6.45, 7) is 1.40. The van der Waals surface area contributed by atoms with Crippen molar-refractivity contribution in [3.05, 3.63) is 54.1 Å². The molecule has 2 rings (SSSR count). The summed E-state index contributed by atoms with van der Waals surface area (Å²) in [6.07, 6.45) is 2.39. The topological polar surface area (TPSA) is 125 Å². The van der Waals surface area contributed by atoms with Crippen LogP contribution in [0.1, 0.15) is 49.4 Å². The molecule has 4 N–H and O–H groups in total. The number of unbranched alkanes of at least 4 members (excludes halogenated alkanes) is 2. The number of nitrogens with one attached hydrogen (secondary N) is 3. The molecule has 8 nitrogen and oxygen atoms in total. The van der Waals surface area contributed by atoms with Crippen molar-refractivity contribution in [2.75, 3.05) is 16.0 Å². The molecule has 0 atom stereocenters. The van der Waals surface area contributed by atoms with Gasteiger partial charge in [0, 0.05) is 19.8 Å². The van der Waals surface area contributed by atoms with Gasteiger partial charge in [0.05, 0.1) is 22.6 Å². The molecule has 2 aromatic rings. The van der Waals surface area contributed by atoms with Crippen LogP contribution in [0.4, 0.5) is 17.1 Å². The van der Waals surface area contributed by atoms with Gasteiger partial charge in [0.15, 0.2) is 0 Å². The number of para-hydroxylation sites is 3. The molecule has 0 aliphatic carbocycles. The summed E-state index contributed by atoms with van der Waals surface area (Å²) in [7, 11) is 0. The first-order valence-corrected chi connectivity index (χ1v) is 9.65. The first-order chi connectivity index (χ1) is 14.4. The quantitative estimate of drug-likeness (QED) is 0.442. The molecule has 0 aromatic heterocycles. The van der Waals surface area contributed by atoms with Crippen LogP contribution in [0.5, 0.6) is 0 Å². The number of benzene rings is 2. The van der Waals surface area contributed by atoms with Crippen molar-refractivity contribution < 1.29 is 24.3 Å². The van der Waals surface area contributed by atoms with E-state index in [2.05, 4.69) is 16.0 Å². The summed E-state index contributed by atoms with van der Waals surface area (Å²) in [4.78, 5) is 46.6. The lowest BCUT2D eigenvalue weighted by Gasteiger charge is -2.11. The van der Waals surface area contributed by atoms with Crippen LogP contribution >= 0.6 is 0 Å². The van der Waals surface area contributed by atoms with Gasteiger partial charge in [-0.3, -0.25) is 14.4 Å². The molecule has 0 heterocycles. The van der Waals surface area contributed by atoms with Crippen LogP contribution in [-0.2, 0) is 14.4 Å². The molecule has 0 bridgehead atoms. The van der Waals surface area contributed by atoms with E-state index in [4.69, 9.17) is 5.11 Å². The van der Waals surface area contributed by atoms with E-state index in [-0.39, 0.29) is 41.8 Å². The van der Waals surface area contributed by atoms with Crippen LogP contribution in [-0.4, -0.2) is 28.8 Å². The van der Waals surface area contributed by atoms with Gasteiger partial charge >= 0.3 is 5.97 Å². The van der Waals surface area contributed by atoms with E-state index in [0.717, 1.165) is 0 Å². The zero-order valence-corrected chi connectivity index (χ0v) is 16.7. The van der Waals surface area contributed by atoms with E-state index >= 15 is 0 Å². The lowest BCUT2D eigenvalue weighted by molar-refractivity contribution is -0.116. The zero-order valence-electron chi connectivity index (χ0n) is 16.7. The average molecular weight is 411 g/mol. The van der Waals surface area contributed by atoms with Crippen LogP contribution in [0.3, 0.4) is 0 Å². The maximum absolute atomic E-state index is 12.1. The summed E-state index contributed by atoms with van der Waals surface area (Å²) in [5, 5.41) is 17.2. The van der Waals surface area contributed by atoms with E-state index in [0.29, 0.717) is 30.6 Å². The Morgan fingerprint density at radius 1 is 0.700 bits per heavy atom. The third kappa shape index (κ3) is 7.38. The lowest BCUT2D eigenvalue weighted by Crippen LogP contribution is -2.15. The van der Waals surface area contributed by atoms with E-state index < -0.39 is 5.97 Å². The molecule has 0 saturated heterocycles. The molecule has 158 valence electrons. The van der Waals surface area contributed by atoms with E-state index in [1.165, 1.54) is 13.0 Å². The molecule has 0 aliphatic rings. The lowest BCUT2D eigenvalue weighted by atomic mass is 10.1. The molecule has 0 radical (unpaired) electrons. The Bertz CT molecular complexity index is 926. The van der Waals surface area contributed by atoms with Crippen molar-refractivity contribution >= 4 is 40.8 Å². The minimum Gasteiger partial charge on any atom is -0.478 e. The molecule has 30 heavy (non-hydrogen) atoms. The van der Waals surface area contributed by atoms with Gasteiger partial charge in [-0.2, -0.15) is 0 Å². The van der Waals surface area contributed by atoms with Crippen molar-refractivity contribution in [1.29, 1.82) is 0 Å². The Kier molecular flexibility index (Phi) is 8.56. The van der Waals surface area contributed by atoms with Gasteiger partial charge in [-0.25, -0.2) is 4.79 Å². The molecular formula is C22H25N3O5. The van der Waals surface area contributed by atoms with Crippen molar-refractivity contribution in [3.8, 4) is 0 Å². The minimum atomic E-state index is -1.10. The number of carbonyl (C=O) groups is 4. The van der Waals surface area contributed by atoms with E-state index in [1.807, 2.05) is 0 Å². The molecule has 8 heteroatoms. The summed E-state index contributed by atoms with van der Waals surface area (Å²) >= 11 is 0. The average Bonchev–Trinajstić information content (AvgIpc) is 2.69. The second-order valence-corrected chi connectivity index (χ2v) is 6.73. The van der Waals surface area contributed by atoms with Gasteiger partial charge in [-0.05, 0) is 37.1 Å². The maximum atomic E-state index is 12.1. The number of hydrogen-bond donors (Lipinski definition) is 4. The highest BCUT2D eigenvalue weighted by Gasteiger charge is 2.12. The molecule has 0 unspecified atom stereocenters. The molecule has 0 saturated carbocycles. The SMILES string of the molecule is CC(=O)Nc1ccccc1NC(=O)CCCCCC(=O)Nc1ccccc1C(=O)O. The fourth-order valence-electron chi connectivity index (χ4n) is 2.84. The van der Waals surface area contributed by atoms with Crippen LogP contribution < -0.4 is 16.0 Å². The van der Waals surface area contributed by atoms with E-state index in [9.17, 15) is 19.2 Å². The summed E-state index contributed by atoms with van der Waals surface area (Å²) in [5.74, 6) is -1.76. The van der Waals surface area contributed by atoms with Gasteiger partial charge in [-0.15, -0.1) is 0 Å².